The number of nitrogens with zero attached hydrogens (tertiary/aromatic N) is 4. The molecule has 0 bridgehead atoms. The van der Waals surface area contributed by atoms with E-state index in [0.29, 0.717) is 22.1 Å². The summed E-state index contributed by atoms with van der Waals surface area (Å²) in [5.74, 6) is -0.227. The minimum atomic E-state index is -0.227. The van der Waals surface area contributed by atoms with E-state index in [4.69, 9.17) is 0 Å². The van der Waals surface area contributed by atoms with Crippen molar-refractivity contribution in [2.75, 3.05) is 5.32 Å². The molecule has 1 aromatic carbocycles. The second kappa shape index (κ2) is 7.73. The average Bonchev–Trinajstić information content (AvgIpc) is 3.29. The highest BCUT2D eigenvalue weighted by Gasteiger charge is 2.18. The summed E-state index contributed by atoms with van der Waals surface area (Å²) in [7, 11) is 0. The number of nitrogens with one attached hydrogen (secondary N) is 1. The summed E-state index contributed by atoms with van der Waals surface area (Å²) in [6.45, 7) is 1.82. The molecule has 3 aromatic heterocycles. The maximum atomic E-state index is 12.6. The molecule has 4 rings (SSSR count). The molecule has 0 aliphatic rings. The lowest BCUT2D eigenvalue weighted by atomic mass is 10.2. The molecule has 6 nitrogen and oxygen atoms in total. The molecule has 1 N–H and O–H groups in total. The zero-order valence-electron chi connectivity index (χ0n) is 14.4. The monoisotopic (exact) mass is 393 g/mol. The third kappa shape index (κ3) is 4.07. The Morgan fingerprint density at radius 2 is 1.85 bits per heavy atom. The zero-order chi connectivity index (χ0) is 18.6. The number of carbonyl (C=O) groups excluding carboxylic acids is 1. The summed E-state index contributed by atoms with van der Waals surface area (Å²) in [6.07, 6.45) is 2.40. The van der Waals surface area contributed by atoms with Gasteiger partial charge in [-0.05, 0) is 24.6 Å². The summed E-state index contributed by atoms with van der Waals surface area (Å²) < 4.78 is 0. The molecular weight excluding hydrogens is 378 g/mol. The van der Waals surface area contributed by atoms with Gasteiger partial charge in [0, 0.05) is 12.6 Å². The van der Waals surface area contributed by atoms with Gasteiger partial charge in [-0.25, -0.2) is 4.98 Å². The summed E-state index contributed by atoms with van der Waals surface area (Å²) in [4.78, 5) is 21.9. The van der Waals surface area contributed by atoms with Gasteiger partial charge in [-0.15, -0.1) is 21.5 Å². The SMILES string of the molecule is Cc1nc(-c2ccccn2)sc1C(=O)Nc1nnc(Cc2ccccc2)s1. The van der Waals surface area contributed by atoms with Crippen molar-refractivity contribution < 1.29 is 4.79 Å². The fourth-order valence-electron chi connectivity index (χ4n) is 2.51. The van der Waals surface area contributed by atoms with E-state index in [9.17, 15) is 4.79 Å². The molecule has 0 unspecified atom stereocenters. The first-order valence-corrected chi connectivity index (χ1v) is 9.89. The van der Waals surface area contributed by atoms with Crippen LogP contribution in [-0.4, -0.2) is 26.1 Å². The number of amides is 1. The molecule has 0 saturated carbocycles. The largest absolute Gasteiger partial charge is 0.296 e. The highest BCUT2D eigenvalue weighted by Crippen LogP contribution is 2.27. The summed E-state index contributed by atoms with van der Waals surface area (Å²) >= 11 is 2.70. The fraction of sp³-hybridized carbons (Fsp3) is 0.105. The third-order valence-electron chi connectivity index (χ3n) is 3.77. The zero-order valence-corrected chi connectivity index (χ0v) is 16.0. The predicted octanol–water partition coefficient (Wildman–Crippen LogP) is 4.21. The van der Waals surface area contributed by atoms with E-state index in [1.54, 1.807) is 6.20 Å². The second-order valence-corrected chi connectivity index (χ2v) is 7.83. The molecule has 134 valence electrons. The molecule has 0 spiro atoms. The number of aromatic nitrogens is 4. The Labute approximate surface area is 164 Å². The van der Waals surface area contributed by atoms with Crippen LogP contribution in [0.15, 0.2) is 54.7 Å². The number of benzene rings is 1. The fourth-order valence-corrected chi connectivity index (χ4v) is 4.21. The minimum Gasteiger partial charge on any atom is -0.296 e. The lowest BCUT2D eigenvalue weighted by Crippen LogP contribution is -2.11. The second-order valence-electron chi connectivity index (χ2n) is 5.77. The van der Waals surface area contributed by atoms with Gasteiger partial charge in [0.05, 0.1) is 11.4 Å². The number of carbonyl (C=O) groups is 1. The topological polar surface area (TPSA) is 80.7 Å². The Bertz CT molecular complexity index is 1060. The van der Waals surface area contributed by atoms with Crippen LogP contribution in [0.1, 0.15) is 25.9 Å². The van der Waals surface area contributed by atoms with Gasteiger partial charge in [0.25, 0.3) is 5.91 Å². The quantitative estimate of drug-likeness (QED) is 0.549. The molecule has 4 aromatic rings. The molecule has 0 atom stereocenters. The molecular formula is C19H15N5OS2. The Morgan fingerprint density at radius 3 is 2.63 bits per heavy atom. The normalized spacial score (nSPS) is 10.7. The first-order valence-electron chi connectivity index (χ1n) is 8.25. The molecule has 0 saturated heterocycles. The Morgan fingerprint density at radius 1 is 1.04 bits per heavy atom. The van der Waals surface area contributed by atoms with Crippen LogP contribution in [0.25, 0.3) is 10.7 Å². The van der Waals surface area contributed by atoms with Gasteiger partial charge in [-0.1, -0.05) is 47.7 Å². The number of hydrogen-bond donors (Lipinski definition) is 1. The number of hydrogen-bond acceptors (Lipinski definition) is 7. The van der Waals surface area contributed by atoms with Crippen molar-refractivity contribution in [3.63, 3.8) is 0 Å². The van der Waals surface area contributed by atoms with Gasteiger partial charge in [0.1, 0.15) is 14.9 Å². The van der Waals surface area contributed by atoms with Gasteiger partial charge < -0.3 is 0 Å². The van der Waals surface area contributed by atoms with E-state index in [0.717, 1.165) is 21.3 Å². The van der Waals surface area contributed by atoms with Crippen LogP contribution in [0.4, 0.5) is 5.13 Å². The van der Waals surface area contributed by atoms with E-state index < -0.39 is 0 Å². The van der Waals surface area contributed by atoms with Crippen molar-refractivity contribution in [3.8, 4) is 10.7 Å². The van der Waals surface area contributed by atoms with Crippen molar-refractivity contribution >= 4 is 33.7 Å². The number of pyridine rings is 1. The molecule has 1 amide bonds. The van der Waals surface area contributed by atoms with Gasteiger partial charge in [-0.2, -0.15) is 0 Å². The standard InChI is InChI=1S/C19H15N5OS2/c1-12-16(27-18(21-12)14-9-5-6-10-20-14)17(25)22-19-24-23-15(26-19)11-13-7-3-2-4-8-13/h2-10H,11H2,1H3,(H,22,24,25). The van der Waals surface area contributed by atoms with Crippen molar-refractivity contribution in [1.29, 1.82) is 0 Å². The van der Waals surface area contributed by atoms with Crippen molar-refractivity contribution in [2.24, 2.45) is 0 Å². The van der Waals surface area contributed by atoms with Crippen LogP contribution in [0, 0.1) is 6.92 Å². The average molecular weight is 393 g/mol. The van der Waals surface area contributed by atoms with E-state index in [1.807, 2.05) is 55.5 Å². The molecule has 0 fully saturated rings. The van der Waals surface area contributed by atoms with Crippen LogP contribution >= 0.6 is 22.7 Å². The van der Waals surface area contributed by atoms with E-state index in [-0.39, 0.29) is 5.91 Å². The number of aryl methyl sites for hydroxylation is 1. The van der Waals surface area contributed by atoms with Crippen LogP contribution in [-0.2, 0) is 6.42 Å². The lowest BCUT2D eigenvalue weighted by molar-refractivity contribution is 0.102. The first-order chi connectivity index (χ1) is 13.2. The third-order valence-corrected chi connectivity index (χ3v) is 5.79. The smallest absolute Gasteiger partial charge is 0.269 e. The van der Waals surface area contributed by atoms with Crippen LogP contribution < -0.4 is 5.32 Å². The summed E-state index contributed by atoms with van der Waals surface area (Å²) in [5, 5.41) is 13.1. The number of rotatable bonds is 5. The maximum Gasteiger partial charge on any atom is 0.269 e. The molecule has 8 heteroatoms. The Balaban J connectivity index is 1.48. The van der Waals surface area contributed by atoms with Gasteiger partial charge in [-0.3, -0.25) is 15.1 Å². The summed E-state index contributed by atoms with van der Waals surface area (Å²) in [5.41, 5.74) is 2.59. The van der Waals surface area contributed by atoms with Crippen molar-refractivity contribution in [3.05, 3.63) is 75.9 Å². The van der Waals surface area contributed by atoms with Crippen LogP contribution in [0.5, 0.6) is 0 Å². The summed E-state index contributed by atoms with van der Waals surface area (Å²) in [6, 6.07) is 15.7. The maximum absolute atomic E-state index is 12.6. The lowest BCUT2D eigenvalue weighted by Gasteiger charge is -1.98. The highest BCUT2D eigenvalue weighted by atomic mass is 32.1. The number of thiazole rings is 1. The first kappa shape index (κ1) is 17.4. The van der Waals surface area contributed by atoms with Crippen molar-refractivity contribution in [2.45, 2.75) is 13.3 Å². The minimum absolute atomic E-state index is 0.227. The number of anilines is 1. The van der Waals surface area contributed by atoms with E-state index in [1.165, 1.54) is 22.7 Å². The van der Waals surface area contributed by atoms with Crippen molar-refractivity contribution in [1.82, 2.24) is 20.2 Å². The van der Waals surface area contributed by atoms with Crippen LogP contribution in [0.2, 0.25) is 0 Å². The molecule has 0 radical (unpaired) electrons. The molecule has 27 heavy (non-hydrogen) atoms. The van der Waals surface area contributed by atoms with Crippen LogP contribution in [0.3, 0.4) is 0 Å². The Hall–Kier alpha value is -2.97. The van der Waals surface area contributed by atoms with Gasteiger partial charge in [0.2, 0.25) is 5.13 Å². The molecule has 3 heterocycles. The Kier molecular flexibility index (Phi) is 4.99. The van der Waals surface area contributed by atoms with Gasteiger partial charge >= 0.3 is 0 Å². The predicted molar refractivity (Wildman–Crippen MR) is 107 cm³/mol. The highest BCUT2D eigenvalue weighted by molar-refractivity contribution is 7.17. The molecule has 0 aliphatic heterocycles. The van der Waals surface area contributed by atoms with E-state index in [2.05, 4.69) is 25.5 Å². The molecule has 0 aliphatic carbocycles. The van der Waals surface area contributed by atoms with Gasteiger partial charge in [0.15, 0.2) is 0 Å². The van der Waals surface area contributed by atoms with E-state index >= 15 is 0 Å².